The number of hydrogen-bond donors (Lipinski definition) is 1. The lowest BCUT2D eigenvalue weighted by atomic mass is 9.84. The van der Waals surface area contributed by atoms with Gasteiger partial charge in [0, 0.05) is 36.5 Å². The number of carbonyl (C=O) groups excluding carboxylic acids is 1. The standard InChI is InChI=1S/C32H31N3O4S/c33-21-29-20-30(22-34(29)31(36)39-23-24-16-18-28(19-17-24)35(37)38)40-32(25-10-4-1-5-11-25,26-12-6-2-7-13-26)27-14-8-3-9-15-27/h1-19,29-30H,20-23,33H2/t29-,30-/m0/s1. The highest BCUT2D eigenvalue weighted by atomic mass is 32.2. The largest absolute Gasteiger partial charge is 0.445 e. The van der Waals surface area contributed by atoms with Crippen molar-refractivity contribution in [1.29, 1.82) is 0 Å². The molecular weight excluding hydrogens is 522 g/mol. The molecule has 4 aromatic rings. The number of ether oxygens (including phenoxy) is 1. The third kappa shape index (κ3) is 5.73. The van der Waals surface area contributed by atoms with Gasteiger partial charge in [0.2, 0.25) is 0 Å². The van der Waals surface area contributed by atoms with Crippen LogP contribution in [0.2, 0.25) is 0 Å². The van der Waals surface area contributed by atoms with E-state index < -0.39 is 15.8 Å². The summed E-state index contributed by atoms with van der Waals surface area (Å²) >= 11 is 1.85. The Morgan fingerprint density at radius 2 is 1.38 bits per heavy atom. The van der Waals surface area contributed by atoms with Gasteiger partial charge in [-0.1, -0.05) is 91.0 Å². The second-order valence-corrected chi connectivity index (χ2v) is 11.3. The van der Waals surface area contributed by atoms with E-state index in [1.807, 2.05) is 30.0 Å². The van der Waals surface area contributed by atoms with Crippen LogP contribution in [0.25, 0.3) is 0 Å². The number of nitro groups is 1. The number of likely N-dealkylation sites (tertiary alicyclic amines) is 1. The third-order valence-corrected chi connectivity index (χ3v) is 9.01. The zero-order valence-corrected chi connectivity index (χ0v) is 22.8. The molecule has 40 heavy (non-hydrogen) atoms. The Labute approximate surface area is 238 Å². The summed E-state index contributed by atoms with van der Waals surface area (Å²) in [6, 6.07) is 37.3. The summed E-state index contributed by atoms with van der Waals surface area (Å²) in [5, 5.41) is 11.0. The van der Waals surface area contributed by atoms with E-state index in [4.69, 9.17) is 10.5 Å². The van der Waals surface area contributed by atoms with Crippen molar-refractivity contribution in [2.75, 3.05) is 13.1 Å². The summed E-state index contributed by atoms with van der Waals surface area (Å²) in [4.78, 5) is 25.4. The number of nitro benzene ring substituents is 1. The maximum Gasteiger partial charge on any atom is 0.410 e. The minimum Gasteiger partial charge on any atom is -0.445 e. The highest BCUT2D eigenvalue weighted by Gasteiger charge is 2.44. The Bertz CT molecular complexity index is 1320. The highest BCUT2D eigenvalue weighted by molar-refractivity contribution is 8.01. The molecule has 0 radical (unpaired) electrons. The molecule has 2 N–H and O–H groups in total. The molecule has 4 aromatic carbocycles. The molecule has 5 rings (SSSR count). The summed E-state index contributed by atoms with van der Waals surface area (Å²) in [5.41, 5.74) is 10.3. The lowest BCUT2D eigenvalue weighted by Gasteiger charge is -2.37. The average molecular weight is 554 g/mol. The van der Waals surface area contributed by atoms with Gasteiger partial charge in [0.1, 0.15) is 6.61 Å². The van der Waals surface area contributed by atoms with Crippen molar-refractivity contribution in [3.8, 4) is 0 Å². The molecule has 0 unspecified atom stereocenters. The smallest absolute Gasteiger partial charge is 0.410 e. The van der Waals surface area contributed by atoms with E-state index in [0.717, 1.165) is 6.42 Å². The molecular formula is C32H31N3O4S. The van der Waals surface area contributed by atoms with Crippen LogP contribution in [-0.2, 0) is 16.1 Å². The summed E-state index contributed by atoms with van der Waals surface area (Å²) in [5.74, 6) is 0. The Balaban J connectivity index is 1.41. The fourth-order valence-corrected chi connectivity index (χ4v) is 7.19. The zero-order chi connectivity index (χ0) is 28.0. The topological polar surface area (TPSA) is 98.7 Å². The molecule has 0 bridgehead atoms. The number of non-ortho nitro benzene ring substituents is 1. The van der Waals surface area contributed by atoms with Crippen molar-refractivity contribution in [3.05, 3.63) is 148 Å². The van der Waals surface area contributed by atoms with E-state index >= 15 is 0 Å². The molecule has 8 heteroatoms. The predicted molar refractivity (Wildman–Crippen MR) is 158 cm³/mol. The van der Waals surface area contributed by atoms with Crippen molar-refractivity contribution in [2.45, 2.75) is 29.1 Å². The van der Waals surface area contributed by atoms with Gasteiger partial charge >= 0.3 is 6.09 Å². The normalized spacial score (nSPS) is 17.0. The van der Waals surface area contributed by atoms with Gasteiger partial charge in [-0.25, -0.2) is 4.79 Å². The number of nitrogens with two attached hydrogens (primary N) is 1. The molecule has 1 amide bonds. The summed E-state index contributed by atoms with van der Waals surface area (Å²) in [7, 11) is 0. The first-order chi connectivity index (χ1) is 19.5. The fraction of sp³-hybridized carbons (Fsp3) is 0.219. The maximum absolute atomic E-state index is 13.2. The number of thioether (sulfide) groups is 1. The Morgan fingerprint density at radius 1 is 0.875 bits per heavy atom. The fourth-order valence-electron chi connectivity index (χ4n) is 5.32. The van der Waals surface area contributed by atoms with E-state index in [-0.39, 0.29) is 23.6 Å². The minimum atomic E-state index is -0.494. The van der Waals surface area contributed by atoms with Crippen LogP contribution in [-0.4, -0.2) is 40.3 Å². The van der Waals surface area contributed by atoms with E-state index in [0.29, 0.717) is 18.7 Å². The summed E-state index contributed by atoms with van der Waals surface area (Å²) in [6.45, 7) is 0.864. The SMILES string of the molecule is NC[C@@H]1C[C@H](SC(c2ccccc2)(c2ccccc2)c2ccccc2)CN1C(=O)OCc1ccc([N+](=O)[O-])cc1. The van der Waals surface area contributed by atoms with Crippen LogP contribution in [0, 0.1) is 10.1 Å². The first-order valence-electron chi connectivity index (χ1n) is 13.2. The molecule has 0 aliphatic carbocycles. The quantitative estimate of drug-likeness (QED) is 0.147. The average Bonchev–Trinajstić information content (AvgIpc) is 3.43. The first kappa shape index (κ1) is 27.4. The third-order valence-electron chi connectivity index (χ3n) is 7.28. The van der Waals surface area contributed by atoms with Crippen molar-refractivity contribution in [3.63, 3.8) is 0 Å². The van der Waals surface area contributed by atoms with Crippen LogP contribution in [0.15, 0.2) is 115 Å². The summed E-state index contributed by atoms with van der Waals surface area (Å²) < 4.78 is 5.14. The van der Waals surface area contributed by atoms with Crippen molar-refractivity contribution in [2.24, 2.45) is 5.73 Å². The second-order valence-electron chi connectivity index (χ2n) is 9.77. The van der Waals surface area contributed by atoms with E-state index in [9.17, 15) is 14.9 Å². The van der Waals surface area contributed by atoms with Crippen LogP contribution in [0.5, 0.6) is 0 Å². The van der Waals surface area contributed by atoms with Gasteiger partial charge in [-0.15, -0.1) is 11.8 Å². The molecule has 204 valence electrons. The Hall–Kier alpha value is -4.14. The first-order valence-corrected chi connectivity index (χ1v) is 14.1. The number of rotatable bonds is 9. The van der Waals surface area contributed by atoms with Gasteiger partial charge in [-0.3, -0.25) is 10.1 Å². The second kappa shape index (κ2) is 12.4. The molecule has 2 atom stereocenters. The molecule has 1 saturated heterocycles. The molecule has 1 fully saturated rings. The number of amides is 1. The molecule has 1 heterocycles. The Kier molecular flexibility index (Phi) is 8.48. The zero-order valence-electron chi connectivity index (χ0n) is 22.0. The van der Waals surface area contributed by atoms with Gasteiger partial charge < -0.3 is 15.4 Å². The maximum atomic E-state index is 13.2. The highest BCUT2D eigenvalue weighted by Crippen LogP contribution is 2.52. The van der Waals surface area contributed by atoms with E-state index in [1.54, 1.807) is 17.0 Å². The Morgan fingerprint density at radius 3 is 1.82 bits per heavy atom. The number of hydrogen-bond acceptors (Lipinski definition) is 6. The van der Waals surface area contributed by atoms with Crippen molar-refractivity contribution < 1.29 is 14.5 Å². The van der Waals surface area contributed by atoms with Crippen LogP contribution < -0.4 is 5.73 Å². The monoisotopic (exact) mass is 553 g/mol. The van der Waals surface area contributed by atoms with Crippen molar-refractivity contribution in [1.82, 2.24) is 4.90 Å². The minimum absolute atomic E-state index is 0.00332. The molecule has 1 aliphatic heterocycles. The molecule has 0 saturated carbocycles. The number of benzene rings is 4. The van der Waals surface area contributed by atoms with Gasteiger partial charge in [-0.05, 0) is 40.8 Å². The van der Waals surface area contributed by atoms with Gasteiger partial charge in [-0.2, -0.15) is 0 Å². The predicted octanol–water partition coefficient (Wildman–Crippen LogP) is 6.36. The van der Waals surface area contributed by atoms with E-state index in [1.165, 1.54) is 28.8 Å². The van der Waals surface area contributed by atoms with Crippen LogP contribution in [0.1, 0.15) is 28.7 Å². The number of nitrogens with zero attached hydrogens (tertiary/aromatic N) is 2. The molecule has 1 aliphatic rings. The lowest BCUT2D eigenvalue weighted by molar-refractivity contribution is -0.384. The lowest BCUT2D eigenvalue weighted by Crippen LogP contribution is -2.40. The van der Waals surface area contributed by atoms with E-state index in [2.05, 4.69) is 72.8 Å². The number of carbonyl (C=O) groups is 1. The molecule has 0 aromatic heterocycles. The van der Waals surface area contributed by atoms with Crippen LogP contribution in [0.4, 0.5) is 10.5 Å². The van der Waals surface area contributed by atoms with Gasteiger partial charge in [0.25, 0.3) is 5.69 Å². The van der Waals surface area contributed by atoms with Crippen molar-refractivity contribution >= 4 is 23.5 Å². The van der Waals surface area contributed by atoms with Gasteiger partial charge in [0.15, 0.2) is 0 Å². The van der Waals surface area contributed by atoms with Gasteiger partial charge in [0.05, 0.1) is 9.67 Å². The molecule has 7 nitrogen and oxygen atoms in total. The summed E-state index contributed by atoms with van der Waals surface area (Å²) in [6.07, 6.45) is 0.309. The van der Waals surface area contributed by atoms with Crippen LogP contribution in [0.3, 0.4) is 0 Å². The van der Waals surface area contributed by atoms with Crippen LogP contribution >= 0.6 is 11.8 Å². The molecule has 0 spiro atoms.